The van der Waals surface area contributed by atoms with Crippen molar-refractivity contribution >= 4 is 35.1 Å². The lowest BCUT2D eigenvalue weighted by molar-refractivity contribution is -0.143. The van der Waals surface area contributed by atoms with Gasteiger partial charge < -0.3 is 9.47 Å². The van der Waals surface area contributed by atoms with Crippen molar-refractivity contribution in [1.29, 1.82) is 0 Å². The summed E-state index contributed by atoms with van der Waals surface area (Å²) in [6.45, 7) is 3.36. The van der Waals surface area contributed by atoms with Crippen LogP contribution < -0.4 is 0 Å². The third-order valence-corrected chi connectivity index (χ3v) is 2.19. The Morgan fingerprint density at radius 3 is 2.13 bits per heavy atom. The van der Waals surface area contributed by atoms with Gasteiger partial charge in [0, 0.05) is 0 Å². The molecule has 0 aromatic rings. The van der Waals surface area contributed by atoms with Crippen LogP contribution in [0.25, 0.3) is 0 Å². The molecule has 0 aliphatic heterocycles. The van der Waals surface area contributed by atoms with E-state index in [0.29, 0.717) is 0 Å². The highest BCUT2D eigenvalue weighted by atomic mass is 35.5. The van der Waals surface area contributed by atoms with Gasteiger partial charge in [-0.3, -0.25) is 0 Å². The Kier molecular flexibility index (Phi) is 5.39. The van der Waals surface area contributed by atoms with Gasteiger partial charge in [-0.05, 0) is 6.08 Å². The molecule has 0 aliphatic carbocycles. The molecule has 0 aromatic heterocycles. The van der Waals surface area contributed by atoms with Crippen LogP contribution in [0.2, 0.25) is 0 Å². The first-order valence-electron chi connectivity index (χ1n) is 3.79. The van der Waals surface area contributed by atoms with Gasteiger partial charge in [0.05, 0.1) is 19.8 Å². The average Bonchev–Trinajstić information content (AvgIpc) is 2.23. The first-order valence-corrected chi connectivity index (χ1v) is 4.55. The zero-order valence-electron chi connectivity index (χ0n) is 8.25. The number of hydrogen-bond donors (Lipinski definition) is 0. The van der Waals surface area contributed by atoms with Crippen LogP contribution in [-0.2, 0) is 19.1 Å². The lowest BCUT2D eigenvalue weighted by atomic mass is 10.1. The number of alkyl halides is 2. The van der Waals surface area contributed by atoms with E-state index in [9.17, 15) is 9.59 Å². The van der Waals surface area contributed by atoms with E-state index in [-0.39, 0.29) is 5.57 Å². The van der Waals surface area contributed by atoms with Gasteiger partial charge in [-0.15, -0.1) is 0 Å². The summed E-state index contributed by atoms with van der Waals surface area (Å²) >= 11 is 11.4. The molecule has 6 heteroatoms. The van der Waals surface area contributed by atoms with Crippen molar-refractivity contribution in [3.8, 4) is 0 Å². The summed E-state index contributed by atoms with van der Waals surface area (Å²) in [4.78, 5) is 22.5. The molecule has 84 valence electrons. The molecule has 0 saturated heterocycles. The van der Waals surface area contributed by atoms with Crippen molar-refractivity contribution < 1.29 is 19.1 Å². The summed E-state index contributed by atoms with van der Waals surface area (Å²) in [5.41, 5.74) is -0.254. The van der Waals surface area contributed by atoms with Crippen LogP contribution >= 0.6 is 23.2 Å². The van der Waals surface area contributed by atoms with E-state index in [0.717, 1.165) is 14.2 Å². The van der Waals surface area contributed by atoms with Gasteiger partial charge in [0.2, 0.25) is 4.33 Å². The van der Waals surface area contributed by atoms with Crippen molar-refractivity contribution in [2.75, 3.05) is 14.2 Å². The van der Waals surface area contributed by atoms with Crippen molar-refractivity contribution in [3.63, 3.8) is 0 Å². The summed E-state index contributed by atoms with van der Waals surface area (Å²) in [7, 11) is 2.24. The third kappa shape index (κ3) is 3.25. The monoisotopic (exact) mass is 252 g/mol. The normalized spacial score (nSPS) is 11.9. The van der Waals surface area contributed by atoms with Crippen LogP contribution in [0.1, 0.15) is 0 Å². The summed E-state index contributed by atoms with van der Waals surface area (Å²) in [5.74, 6) is -1.80. The number of carbonyl (C=O) groups excluding carboxylic acids is 2. The molecule has 0 bridgehead atoms. The SMILES string of the molecule is C=C/C=C(\C(=O)OC)C(Cl)(Cl)C(=O)OC. The molecule has 0 rings (SSSR count). The standard InChI is InChI=1S/C9H10Cl2O4/c1-4-5-6(7(12)14-2)9(10,11)8(13)15-3/h4-5H,1H2,2-3H3/b6-5+. The highest BCUT2D eigenvalue weighted by Gasteiger charge is 2.43. The molecule has 0 aliphatic rings. The summed E-state index contributed by atoms with van der Waals surface area (Å²) in [5, 5.41) is 0. The molecule has 0 N–H and O–H groups in total. The maximum absolute atomic E-state index is 11.3. The average molecular weight is 253 g/mol. The molecule has 0 spiro atoms. The first-order chi connectivity index (χ1) is 6.91. The summed E-state index contributed by atoms with van der Waals surface area (Å²) < 4.78 is 6.66. The molecular weight excluding hydrogens is 243 g/mol. The second kappa shape index (κ2) is 5.78. The fraction of sp³-hybridized carbons (Fsp3) is 0.333. The topological polar surface area (TPSA) is 52.6 Å². The number of hydrogen-bond acceptors (Lipinski definition) is 4. The lowest BCUT2D eigenvalue weighted by Gasteiger charge is -2.18. The summed E-state index contributed by atoms with van der Waals surface area (Å²) in [6, 6.07) is 0. The molecule has 0 unspecified atom stereocenters. The quantitative estimate of drug-likeness (QED) is 0.330. The Balaban J connectivity index is 5.26. The van der Waals surface area contributed by atoms with Gasteiger partial charge in [-0.25, -0.2) is 9.59 Å². The van der Waals surface area contributed by atoms with Crippen LogP contribution in [0.4, 0.5) is 0 Å². The minimum absolute atomic E-state index is 0.254. The van der Waals surface area contributed by atoms with Gasteiger partial charge in [-0.2, -0.15) is 0 Å². The molecular formula is C9H10Cl2O4. The second-order valence-electron chi connectivity index (χ2n) is 2.37. The number of carbonyl (C=O) groups is 2. The molecule has 0 radical (unpaired) electrons. The number of methoxy groups -OCH3 is 2. The van der Waals surface area contributed by atoms with Crippen LogP contribution in [0.3, 0.4) is 0 Å². The zero-order valence-corrected chi connectivity index (χ0v) is 9.76. The van der Waals surface area contributed by atoms with Crippen molar-refractivity contribution in [2.24, 2.45) is 0 Å². The van der Waals surface area contributed by atoms with E-state index in [4.69, 9.17) is 23.2 Å². The Bertz CT molecular complexity index is 307. The van der Waals surface area contributed by atoms with Crippen LogP contribution in [0.15, 0.2) is 24.3 Å². The minimum atomic E-state index is -2.10. The molecule has 0 amide bonds. The Hall–Kier alpha value is -1.00. The van der Waals surface area contributed by atoms with E-state index in [1.54, 1.807) is 0 Å². The molecule has 0 heterocycles. The molecule has 4 nitrogen and oxygen atoms in total. The van der Waals surface area contributed by atoms with E-state index in [2.05, 4.69) is 16.1 Å². The molecule has 0 aromatic carbocycles. The van der Waals surface area contributed by atoms with Gasteiger partial charge in [0.1, 0.15) is 0 Å². The van der Waals surface area contributed by atoms with Crippen molar-refractivity contribution in [3.05, 3.63) is 24.3 Å². The fourth-order valence-electron chi connectivity index (χ4n) is 0.767. The molecule has 0 fully saturated rings. The molecule has 15 heavy (non-hydrogen) atoms. The van der Waals surface area contributed by atoms with Gasteiger partial charge in [0.25, 0.3) is 0 Å². The van der Waals surface area contributed by atoms with Crippen molar-refractivity contribution in [2.45, 2.75) is 4.33 Å². The van der Waals surface area contributed by atoms with Gasteiger partial charge in [0.15, 0.2) is 0 Å². The predicted molar refractivity (Wildman–Crippen MR) is 56.7 cm³/mol. The Morgan fingerprint density at radius 1 is 1.27 bits per heavy atom. The number of ether oxygens (including phenoxy) is 2. The number of allylic oxidation sites excluding steroid dienone is 2. The third-order valence-electron chi connectivity index (χ3n) is 1.47. The highest BCUT2D eigenvalue weighted by Crippen LogP contribution is 2.32. The lowest BCUT2D eigenvalue weighted by Crippen LogP contribution is -2.33. The smallest absolute Gasteiger partial charge is 0.347 e. The van der Waals surface area contributed by atoms with Gasteiger partial charge >= 0.3 is 11.9 Å². The van der Waals surface area contributed by atoms with E-state index in [1.807, 2.05) is 0 Å². The molecule has 0 atom stereocenters. The number of halogens is 2. The Labute approximate surface area is 97.4 Å². The van der Waals surface area contributed by atoms with Crippen LogP contribution in [0.5, 0.6) is 0 Å². The first kappa shape index (κ1) is 14.0. The zero-order chi connectivity index (χ0) is 12.1. The Morgan fingerprint density at radius 2 is 1.80 bits per heavy atom. The predicted octanol–water partition coefficient (Wildman–Crippen LogP) is 1.62. The van der Waals surface area contributed by atoms with Crippen molar-refractivity contribution in [1.82, 2.24) is 0 Å². The van der Waals surface area contributed by atoms with Crippen LogP contribution in [-0.4, -0.2) is 30.5 Å². The minimum Gasteiger partial charge on any atom is -0.467 e. The molecule has 0 saturated carbocycles. The fourth-order valence-corrected chi connectivity index (χ4v) is 1.20. The number of rotatable bonds is 4. The summed E-state index contributed by atoms with van der Waals surface area (Å²) in [6.07, 6.45) is 2.44. The highest BCUT2D eigenvalue weighted by molar-refractivity contribution is 6.61. The maximum Gasteiger partial charge on any atom is 0.347 e. The van der Waals surface area contributed by atoms with E-state index < -0.39 is 16.3 Å². The maximum atomic E-state index is 11.3. The van der Waals surface area contributed by atoms with E-state index in [1.165, 1.54) is 12.2 Å². The van der Waals surface area contributed by atoms with Gasteiger partial charge in [-0.1, -0.05) is 35.9 Å². The second-order valence-corrected chi connectivity index (χ2v) is 3.70. The largest absolute Gasteiger partial charge is 0.467 e. The van der Waals surface area contributed by atoms with E-state index >= 15 is 0 Å². The van der Waals surface area contributed by atoms with Crippen LogP contribution in [0, 0.1) is 0 Å². The number of esters is 2.